The van der Waals surface area contributed by atoms with Gasteiger partial charge in [0.15, 0.2) is 5.78 Å². The number of hydrogen-bond donors (Lipinski definition) is 0. The standard InChI is InChI=1S/C24H30O2S/c1-3-5-6-7-18-26-22-13-8-20(9-14-22)10-17-24(25)21-11-15-23(16-12-21)27-19-4-2/h8-17H,3-7,18-19H2,1-2H3/b17-10+. The Hall–Kier alpha value is -2.00. The number of ketones is 1. The minimum Gasteiger partial charge on any atom is -0.494 e. The number of ether oxygens (including phenoxy) is 1. The van der Waals surface area contributed by atoms with Crippen molar-refractivity contribution in [1.29, 1.82) is 0 Å². The normalized spacial score (nSPS) is 11.0. The molecule has 0 aliphatic carbocycles. The van der Waals surface area contributed by atoms with E-state index in [-0.39, 0.29) is 5.78 Å². The molecule has 27 heavy (non-hydrogen) atoms. The Balaban J connectivity index is 1.83. The van der Waals surface area contributed by atoms with Crippen molar-refractivity contribution in [2.24, 2.45) is 0 Å². The van der Waals surface area contributed by atoms with Crippen LogP contribution in [-0.2, 0) is 0 Å². The third-order valence-electron chi connectivity index (χ3n) is 4.19. The highest BCUT2D eigenvalue weighted by atomic mass is 32.2. The summed E-state index contributed by atoms with van der Waals surface area (Å²) in [6.07, 6.45) is 9.46. The Morgan fingerprint density at radius 1 is 0.926 bits per heavy atom. The lowest BCUT2D eigenvalue weighted by atomic mass is 10.1. The molecule has 0 saturated carbocycles. The first-order valence-electron chi connectivity index (χ1n) is 9.91. The number of carbonyl (C=O) groups excluding carboxylic acids is 1. The summed E-state index contributed by atoms with van der Waals surface area (Å²) in [5, 5.41) is 0. The Labute approximate surface area is 168 Å². The van der Waals surface area contributed by atoms with Gasteiger partial charge in [0.2, 0.25) is 0 Å². The Bertz CT molecular complexity index is 702. The molecule has 0 spiro atoms. The smallest absolute Gasteiger partial charge is 0.185 e. The third kappa shape index (κ3) is 8.04. The molecule has 0 fully saturated rings. The lowest BCUT2D eigenvalue weighted by Crippen LogP contribution is -1.97. The second kappa shape index (κ2) is 12.4. The van der Waals surface area contributed by atoms with Crippen molar-refractivity contribution in [1.82, 2.24) is 0 Å². The number of carbonyl (C=O) groups is 1. The van der Waals surface area contributed by atoms with Gasteiger partial charge < -0.3 is 4.74 Å². The molecule has 0 N–H and O–H groups in total. The number of thioether (sulfide) groups is 1. The number of allylic oxidation sites excluding steroid dienone is 1. The molecule has 2 nitrogen and oxygen atoms in total. The molecule has 0 bridgehead atoms. The highest BCUT2D eigenvalue weighted by molar-refractivity contribution is 7.99. The van der Waals surface area contributed by atoms with Gasteiger partial charge in [-0.1, -0.05) is 51.3 Å². The highest BCUT2D eigenvalue weighted by Crippen LogP contribution is 2.20. The summed E-state index contributed by atoms with van der Waals surface area (Å²) in [5.41, 5.74) is 1.72. The molecule has 0 aromatic heterocycles. The fourth-order valence-electron chi connectivity index (χ4n) is 2.60. The van der Waals surface area contributed by atoms with Crippen molar-refractivity contribution in [2.45, 2.75) is 50.8 Å². The van der Waals surface area contributed by atoms with Crippen LogP contribution >= 0.6 is 11.8 Å². The lowest BCUT2D eigenvalue weighted by Gasteiger charge is -2.06. The topological polar surface area (TPSA) is 26.3 Å². The first-order valence-corrected chi connectivity index (χ1v) is 10.9. The minimum atomic E-state index is 0.0262. The molecule has 144 valence electrons. The molecule has 0 unspecified atom stereocenters. The molecule has 2 aromatic rings. The monoisotopic (exact) mass is 382 g/mol. The number of unbranched alkanes of at least 4 members (excludes halogenated alkanes) is 3. The summed E-state index contributed by atoms with van der Waals surface area (Å²) in [6, 6.07) is 15.7. The van der Waals surface area contributed by atoms with E-state index in [2.05, 4.69) is 13.8 Å². The first kappa shape index (κ1) is 21.3. The second-order valence-corrected chi connectivity index (χ2v) is 7.72. The van der Waals surface area contributed by atoms with Crippen LogP contribution < -0.4 is 4.74 Å². The first-order chi connectivity index (χ1) is 13.2. The summed E-state index contributed by atoms with van der Waals surface area (Å²) in [6.45, 7) is 5.14. The minimum absolute atomic E-state index is 0.0262. The second-order valence-electron chi connectivity index (χ2n) is 6.55. The van der Waals surface area contributed by atoms with Gasteiger partial charge in [0.25, 0.3) is 0 Å². The zero-order chi connectivity index (χ0) is 19.3. The molecular weight excluding hydrogens is 352 g/mol. The van der Waals surface area contributed by atoms with Crippen molar-refractivity contribution in [3.8, 4) is 5.75 Å². The van der Waals surface area contributed by atoms with E-state index in [1.165, 1.54) is 24.2 Å². The van der Waals surface area contributed by atoms with Crippen LogP contribution in [0.3, 0.4) is 0 Å². The van der Waals surface area contributed by atoms with Gasteiger partial charge in [0, 0.05) is 10.5 Å². The maximum atomic E-state index is 12.3. The molecule has 0 radical (unpaired) electrons. The summed E-state index contributed by atoms with van der Waals surface area (Å²) in [4.78, 5) is 13.5. The van der Waals surface area contributed by atoms with Gasteiger partial charge in [-0.2, -0.15) is 0 Å². The molecule has 0 aliphatic rings. The zero-order valence-electron chi connectivity index (χ0n) is 16.4. The van der Waals surface area contributed by atoms with Gasteiger partial charge in [-0.05, 0) is 66.6 Å². The van der Waals surface area contributed by atoms with Gasteiger partial charge >= 0.3 is 0 Å². The van der Waals surface area contributed by atoms with Crippen LogP contribution in [0.15, 0.2) is 59.5 Å². The predicted octanol–water partition coefficient (Wildman–Crippen LogP) is 7.04. The van der Waals surface area contributed by atoms with Crippen LogP contribution in [0.25, 0.3) is 6.08 Å². The average molecular weight is 383 g/mol. The van der Waals surface area contributed by atoms with E-state index in [9.17, 15) is 4.79 Å². The van der Waals surface area contributed by atoms with Crippen LogP contribution in [0.4, 0.5) is 0 Å². The van der Waals surface area contributed by atoms with Crippen molar-refractivity contribution >= 4 is 23.6 Å². The fourth-order valence-corrected chi connectivity index (χ4v) is 3.37. The van der Waals surface area contributed by atoms with Crippen LogP contribution in [-0.4, -0.2) is 18.1 Å². The van der Waals surface area contributed by atoms with E-state index >= 15 is 0 Å². The van der Waals surface area contributed by atoms with E-state index < -0.39 is 0 Å². The summed E-state index contributed by atoms with van der Waals surface area (Å²) < 4.78 is 5.75. The molecule has 0 atom stereocenters. The van der Waals surface area contributed by atoms with E-state index in [1.54, 1.807) is 6.08 Å². The van der Waals surface area contributed by atoms with Crippen molar-refractivity contribution in [3.05, 3.63) is 65.7 Å². The van der Waals surface area contributed by atoms with E-state index in [0.717, 1.165) is 42.1 Å². The van der Waals surface area contributed by atoms with Crippen LogP contribution in [0.5, 0.6) is 5.75 Å². The molecule has 3 heteroatoms. The number of benzene rings is 2. The van der Waals surface area contributed by atoms with Gasteiger partial charge in [0.1, 0.15) is 5.75 Å². The highest BCUT2D eigenvalue weighted by Gasteiger charge is 2.02. The Morgan fingerprint density at radius 3 is 2.33 bits per heavy atom. The summed E-state index contributed by atoms with van der Waals surface area (Å²) in [7, 11) is 0. The number of hydrogen-bond acceptors (Lipinski definition) is 3. The fraction of sp³-hybridized carbons (Fsp3) is 0.375. The van der Waals surface area contributed by atoms with Crippen LogP contribution in [0, 0.1) is 0 Å². The molecule has 0 aliphatic heterocycles. The summed E-state index contributed by atoms with van der Waals surface area (Å²) in [5.74, 6) is 2.01. The predicted molar refractivity (Wildman–Crippen MR) is 117 cm³/mol. The van der Waals surface area contributed by atoms with Crippen molar-refractivity contribution in [3.63, 3.8) is 0 Å². The van der Waals surface area contributed by atoms with E-state index in [1.807, 2.05) is 66.4 Å². The largest absolute Gasteiger partial charge is 0.494 e. The number of rotatable bonds is 12. The maximum Gasteiger partial charge on any atom is 0.185 e. The Kier molecular flexibility index (Phi) is 9.78. The van der Waals surface area contributed by atoms with Gasteiger partial charge in [-0.3, -0.25) is 4.79 Å². The molecule has 0 heterocycles. The SMILES string of the molecule is CCCCCCOc1ccc(/C=C/C(=O)c2ccc(SCCC)cc2)cc1. The van der Waals surface area contributed by atoms with Crippen molar-refractivity contribution < 1.29 is 9.53 Å². The van der Waals surface area contributed by atoms with E-state index in [4.69, 9.17) is 4.74 Å². The van der Waals surface area contributed by atoms with Gasteiger partial charge in [0.05, 0.1) is 6.61 Å². The van der Waals surface area contributed by atoms with E-state index in [0.29, 0.717) is 0 Å². The Morgan fingerprint density at radius 2 is 1.67 bits per heavy atom. The van der Waals surface area contributed by atoms with Gasteiger partial charge in [-0.25, -0.2) is 0 Å². The zero-order valence-corrected chi connectivity index (χ0v) is 17.3. The molecule has 0 saturated heterocycles. The molecule has 2 rings (SSSR count). The maximum absolute atomic E-state index is 12.3. The third-order valence-corrected chi connectivity index (χ3v) is 5.40. The van der Waals surface area contributed by atoms with Gasteiger partial charge in [-0.15, -0.1) is 11.8 Å². The molecule has 0 amide bonds. The lowest BCUT2D eigenvalue weighted by molar-refractivity contribution is 0.104. The molecule has 2 aromatic carbocycles. The molecular formula is C24H30O2S. The van der Waals surface area contributed by atoms with Crippen LogP contribution in [0.1, 0.15) is 61.9 Å². The van der Waals surface area contributed by atoms with Crippen LogP contribution in [0.2, 0.25) is 0 Å². The van der Waals surface area contributed by atoms with Crippen molar-refractivity contribution in [2.75, 3.05) is 12.4 Å². The summed E-state index contributed by atoms with van der Waals surface area (Å²) >= 11 is 1.82. The average Bonchev–Trinajstić information content (AvgIpc) is 2.71. The quantitative estimate of drug-likeness (QED) is 0.170.